The van der Waals surface area contributed by atoms with Crippen molar-refractivity contribution >= 4 is 16.3 Å². The summed E-state index contributed by atoms with van der Waals surface area (Å²) in [6, 6.07) is 22.1. The Morgan fingerprint density at radius 3 is 2.55 bits per heavy atom. The number of allylic oxidation sites excluding steroid dienone is 1. The van der Waals surface area contributed by atoms with E-state index in [9.17, 15) is 0 Å². The predicted octanol–water partition coefficient (Wildman–Crippen LogP) is 5.14. The van der Waals surface area contributed by atoms with E-state index in [-0.39, 0.29) is 0 Å². The first-order valence-electron chi connectivity index (χ1n) is 7.10. The molecule has 0 spiro atoms. The second-order valence-corrected chi connectivity index (χ2v) is 5.54. The lowest BCUT2D eigenvalue weighted by molar-refractivity contribution is 1.31. The number of aryl methyl sites for hydroxylation is 1. The summed E-state index contributed by atoms with van der Waals surface area (Å²) < 4.78 is 0. The number of rotatable bonds is 1. The third-order valence-electron chi connectivity index (χ3n) is 4.14. The molecular formula is C20H16. The second kappa shape index (κ2) is 4.35. The van der Waals surface area contributed by atoms with E-state index < -0.39 is 0 Å². The van der Waals surface area contributed by atoms with Gasteiger partial charge in [-0.2, -0.15) is 0 Å². The highest BCUT2D eigenvalue weighted by molar-refractivity contribution is 5.91. The molecule has 0 nitrogen and oxygen atoms in total. The minimum absolute atomic E-state index is 1.05. The van der Waals surface area contributed by atoms with E-state index in [2.05, 4.69) is 73.7 Å². The Balaban J connectivity index is 1.86. The lowest BCUT2D eigenvalue weighted by Gasteiger charge is -2.08. The molecule has 0 aromatic heterocycles. The lowest BCUT2D eigenvalue weighted by Crippen LogP contribution is -1.87. The standard InChI is InChI=1S/C20H16/c1-14-6-7-17-13-18(9-8-16(17)12-14)20-11-10-15-4-2-3-5-19(15)20/h2-9,11-13H,10H2,1H3. The molecule has 3 aromatic rings. The largest absolute Gasteiger partial charge is 0.0716 e. The third kappa shape index (κ3) is 1.77. The highest BCUT2D eigenvalue weighted by Gasteiger charge is 2.14. The molecule has 0 aliphatic heterocycles. The van der Waals surface area contributed by atoms with E-state index in [1.54, 1.807) is 0 Å². The van der Waals surface area contributed by atoms with Gasteiger partial charge in [-0.25, -0.2) is 0 Å². The van der Waals surface area contributed by atoms with Crippen LogP contribution in [0.3, 0.4) is 0 Å². The fourth-order valence-corrected chi connectivity index (χ4v) is 3.09. The fraction of sp³-hybridized carbons (Fsp3) is 0.100. The first kappa shape index (κ1) is 11.5. The van der Waals surface area contributed by atoms with Crippen LogP contribution in [0.4, 0.5) is 0 Å². The van der Waals surface area contributed by atoms with Gasteiger partial charge in [0, 0.05) is 0 Å². The summed E-state index contributed by atoms with van der Waals surface area (Å²) in [6.07, 6.45) is 3.40. The molecule has 0 N–H and O–H groups in total. The summed E-state index contributed by atoms with van der Waals surface area (Å²) in [4.78, 5) is 0. The van der Waals surface area contributed by atoms with Gasteiger partial charge < -0.3 is 0 Å². The highest BCUT2D eigenvalue weighted by Crippen LogP contribution is 2.33. The zero-order chi connectivity index (χ0) is 13.5. The maximum atomic E-state index is 2.35. The van der Waals surface area contributed by atoms with Crippen molar-refractivity contribution < 1.29 is 0 Å². The first-order valence-corrected chi connectivity index (χ1v) is 7.10. The van der Waals surface area contributed by atoms with Crippen LogP contribution >= 0.6 is 0 Å². The van der Waals surface area contributed by atoms with E-state index in [4.69, 9.17) is 0 Å². The van der Waals surface area contributed by atoms with Crippen molar-refractivity contribution in [1.82, 2.24) is 0 Å². The number of benzene rings is 3. The van der Waals surface area contributed by atoms with Gasteiger partial charge in [0.1, 0.15) is 0 Å². The fourth-order valence-electron chi connectivity index (χ4n) is 3.09. The SMILES string of the molecule is Cc1ccc2cc(C3=CCc4ccccc43)ccc2c1. The summed E-state index contributed by atoms with van der Waals surface area (Å²) in [5, 5.41) is 2.64. The van der Waals surface area contributed by atoms with Crippen molar-refractivity contribution in [3.8, 4) is 0 Å². The normalized spacial score (nSPS) is 13.3. The molecule has 0 heterocycles. The van der Waals surface area contributed by atoms with E-state index in [0.717, 1.165) is 6.42 Å². The van der Waals surface area contributed by atoms with Gasteiger partial charge in [0.25, 0.3) is 0 Å². The monoisotopic (exact) mass is 256 g/mol. The number of hydrogen-bond acceptors (Lipinski definition) is 0. The van der Waals surface area contributed by atoms with Crippen molar-refractivity contribution in [2.45, 2.75) is 13.3 Å². The molecule has 96 valence electrons. The molecule has 0 bridgehead atoms. The molecule has 1 aliphatic rings. The minimum Gasteiger partial charge on any atom is -0.0716 e. The summed E-state index contributed by atoms with van der Waals surface area (Å²) >= 11 is 0. The van der Waals surface area contributed by atoms with Crippen LogP contribution in [-0.2, 0) is 6.42 Å². The number of hydrogen-bond donors (Lipinski definition) is 0. The van der Waals surface area contributed by atoms with Gasteiger partial charge in [0.2, 0.25) is 0 Å². The molecule has 0 saturated heterocycles. The van der Waals surface area contributed by atoms with Gasteiger partial charge in [-0.05, 0) is 52.4 Å². The smallest absolute Gasteiger partial charge is 0.00819 e. The molecule has 0 amide bonds. The Hall–Kier alpha value is -2.34. The summed E-state index contributed by atoms with van der Waals surface area (Å²) in [6.45, 7) is 2.14. The average Bonchev–Trinajstić information content (AvgIpc) is 2.91. The molecule has 0 unspecified atom stereocenters. The summed E-state index contributed by atoms with van der Waals surface area (Å²) in [5.74, 6) is 0. The second-order valence-electron chi connectivity index (χ2n) is 5.54. The van der Waals surface area contributed by atoms with E-state index in [0.29, 0.717) is 0 Å². The van der Waals surface area contributed by atoms with Crippen molar-refractivity contribution in [3.05, 3.63) is 89.0 Å². The van der Waals surface area contributed by atoms with Gasteiger partial charge in [-0.3, -0.25) is 0 Å². The van der Waals surface area contributed by atoms with Crippen LogP contribution in [0.5, 0.6) is 0 Å². The van der Waals surface area contributed by atoms with Crippen LogP contribution < -0.4 is 0 Å². The molecule has 20 heavy (non-hydrogen) atoms. The van der Waals surface area contributed by atoms with Gasteiger partial charge in [-0.15, -0.1) is 0 Å². The molecule has 0 saturated carbocycles. The van der Waals surface area contributed by atoms with Crippen molar-refractivity contribution in [2.75, 3.05) is 0 Å². The van der Waals surface area contributed by atoms with E-state index >= 15 is 0 Å². The lowest BCUT2D eigenvalue weighted by atomic mass is 9.96. The van der Waals surface area contributed by atoms with Crippen LogP contribution in [0.25, 0.3) is 16.3 Å². The molecule has 0 fully saturated rings. The summed E-state index contributed by atoms with van der Waals surface area (Å²) in [5.41, 5.74) is 6.84. The molecule has 1 aliphatic carbocycles. The van der Waals surface area contributed by atoms with Gasteiger partial charge in [0.15, 0.2) is 0 Å². The van der Waals surface area contributed by atoms with E-state index in [1.807, 2.05) is 0 Å². The molecule has 3 aromatic carbocycles. The average molecular weight is 256 g/mol. The van der Waals surface area contributed by atoms with Crippen LogP contribution in [0.1, 0.15) is 22.3 Å². The van der Waals surface area contributed by atoms with E-state index in [1.165, 1.54) is 38.6 Å². The predicted molar refractivity (Wildman–Crippen MR) is 85.9 cm³/mol. The zero-order valence-corrected chi connectivity index (χ0v) is 11.6. The Morgan fingerprint density at radius 1 is 0.800 bits per heavy atom. The topological polar surface area (TPSA) is 0 Å². The van der Waals surface area contributed by atoms with Crippen LogP contribution in [0.15, 0.2) is 66.7 Å². The Morgan fingerprint density at radius 2 is 1.60 bits per heavy atom. The highest BCUT2D eigenvalue weighted by atomic mass is 14.2. The van der Waals surface area contributed by atoms with Crippen LogP contribution in [0, 0.1) is 6.92 Å². The van der Waals surface area contributed by atoms with Crippen molar-refractivity contribution in [2.24, 2.45) is 0 Å². The Bertz CT molecular complexity index is 838. The zero-order valence-electron chi connectivity index (χ0n) is 11.6. The van der Waals surface area contributed by atoms with Gasteiger partial charge >= 0.3 is 0 Å². The Labute approximate surface area is 119 Å². The maximum Gasteiger partial charge on any atom is -0.00819 e. The molecule has 0 atom stereocenters. The van der Waals surface area contributed by atoms with Crippen LogP contribution in [0.2, 0.25) is 0 Å². The van der Waals surface area contributed by atoms with Crippen LogP contribution in [-0.4, -0.2) is 0 Å². The Kier molecular flexibility index (Phi) is 2.50. The first-order chi connectivity index (χ1) is 9.81. The molecular weight excluding hydrogens is 240 g/mol. The molecule has 0 heteroatoms. The maximum absolute atomic E-state index is 2.35. The van der Waals surface area contributed by atoms with Crippen molar-refractivity contribution in [1.29, 1.82) is 0 Å². The third-order valence-corrected chi connectivity index (χ3v) is 4.14. The quantitative estimate of drug-likeness (QED) is 0.565. The number of fused-ring (bicyclic) bond motifs is 2. The van der Waals surface area contributed by atoms with Gasteiger partial charge in [-0.1, -0.05) is 66.2 Å². The summed E-state index contributed by atoms with van der Waals surface area (Å²) in [7, 11) is 0. The van der Waals surface area contributed by atoms with Gasteiger partial charge in [0.05, 0.1) is 0 Å². The van der Waals surface area contributed by atoms with Crippen molar-refractivity contribution in [3.63, 3.8) is 0 Å². The molecule has 0 radical (unpaired) electrons. The molecule has 4 rings (SSSR count). The minimum atomic E-state index is 1.05.